The van der Waals surface area contributed by atoms with Gasteiger partial charge in [0.05, 0.1) is 6.10 Å². The molecule has 1 N–H and O–H groups in total. The van der Waals surface area contributed by atoms with Crippen LogP contribution in [-0.2, 0) is 4.79 Å². The van der Waals surface area contributed by atoms with Gasteiger partial charge in [-0.2, -0.15) is 0 Å². The summed E-state index contributed by atoms with van der Waals surface area (Å²) in [5.41, 5.74) is 0. The smallest absolute Gasteiger partial charge is 0.260 e. The molecule has 2 rings (SSSR count). The molecule has 1 heterocycles. The number of ether oxygens (including phenoxy) is 1. The number of halogens is 1. The number of hydrogen-bond donors (Lipinski definition) is 1. The number of benzene rings is 1. The fourth-order valence-corrected chi connectivity index (χ4v) is 2.83. The zero-order chi connectivity index (χ0) is 16.1. The minimum atomic E-state index is -0.345. The predicted octanol–water partition coefficient (Wildman–Crippen LogP) is 1.63. The van der Waals surface area contributed by atoms with Gasteiger partial charge in [-0.1, -0.05) is 11.6 Å². The molecule has 1 amide bonds. The van der Waals surface area contributed by atoms with Crippen LogP contribution in [0.2, 0.25) is 5.02 Å². The fourth-order valence-electron chi connectivity index (χ4n) is 2.70. The number of piperazine rings is 1. The van der Waals surface area contributed by atoms with Gasteiger partial charge in [-0.3, -0.25) is 9.69 Å². The third-order valence-corrected chi connectivity index (χ3v) is 3.98. The molecule has 2 atom stereocenters. The van der Waals surface area contributed by atoms with Crippen LogP contribution in [0.1, 0.15) is 13.8 Å². The van der Waals surface area contributed by atoms with Gasteiger partial charge in [0.1, 0.15) is 5.75 Å². The lowest BCUT2D eigenvalue weighted by molar-refractivity contribution is -0.138. The van der Waals surface area contributed by atoms with E-state index < -0.39 is 0 Å². The Morgan fingerprint density at radius 3 is 2.68 bits per heavy atom. The van der Waals surface area contributed by atoms with Gasteiger partial charge in [0.15, 0.2) is 6.61 Å². The van der Waals surface area contributed by atoms with E-state index in [2.05, 4.69) is 4.90 Å². The molecular formula is C16H23ClN2O3. The standard InChI is InChI=1S/C16H23ClN2O3/c1-12-9-18(10-13(2)20)7-8-19(12)16(21)11-22-15-5-3-14(17)4-6-15/h3-6,12-13,20H,7-11H2,1-2H3/t12-,13-/m1/s1. The van der Waals surface area contributed by atoms with E-state index in [-0.39, 0.29) is 24.7 Å². The van der Waals surface area contributed by atoms with Crippen LogP contribution >= 0.6 is 11.6 Å². The van der Waals surface area contributed by atoms with E-state index in [1.807, 2.05) is 11.8 Å². The number of amides is 1. The van der Waals surface area contributed by atoms with E-state index in [9.17, 15) is 9.90 Å². The summed E-state index contributed by atoms with van der Waals surface area (Å²) in [7, 11) is 0. The summed E-state index contributed by atoms with van der Waals surface area (Å²) in [6.45, 7) is 6.70. The van der Waals surface area contributed by atoms with Crippen LogP contribution in [-0.4, -0.2) is 65.7 Å². The van der Waals surface area contributed by atoms with Crippen LogP contribution in [0, 0.1) is 0 Å². The average molecular weight is 327 g/mol. The second kappa shape index (κ2) is 7.81. The van der Waals surface area contributed by atoms with Crippen LogP contribution in [0.15, 0.2) is 24.3 Å². The summed E-state index contributed by atoms with van der Waals surface area (Å²) in [6, 6.07) is 7.09. The molecule has 1 aromatic carbocycles. The van der Waals surface area contributed by atoms with Gasteiger partial charge in [-0.05, 0) is 38.1 Å². The number of aliphatic hydroxyl groups is 1. The second-order valence-corrected chi connectivity index (χ2v) is 6.22. The molecule has 122 valence electrons. The van der Waals surface area contributed by atoms with E-state index in [0.29, 0.717) is 23.9 Å². The lowest BCUT2D eigenvalue weighted by atomic mass is 10.1. The van der Waals surface area contributed by atoms with Gasteiger partial charge in [-0.25, -0.2) is 0 Å². The quantitative estimate of drug-likeness (QED) is 0.893. The Hall–Kier alpha value is -1.30. The minimum absolute atomic E-state index is 0.0147. The summed E-state index contributed by atoms with van der Waals surface area (Å²) in [5, 5.41) is 10.1. The van der Waals surface area contributed by atoms with Crippen molar-refractivity contribution in [3.63, 3.8) is 0 Å². The third kappa shape index (κ3) is 4.87. The van der Waals surface area contributed by atoms with E-state index >= 15 is 0 Å². The average Bonchev–Trinajstić information content (AvgIpc) is 2.46. The Kier molecular flexibility index (Phi) is 6.06. The van der Waals surface area contributed by atoms with Gasteiger partial charge < -0.3 is 14.7 Å². The van der Waals surface area contributed by atoms with Crippen molar-refractivity contribution in [3.8, 4) is 5.75 Å². The molecule has 0 aromatic heterocycles. The van der Waals surface area contributed by atoms with E-state index in [0.717, 1.165) is 13.1 Å². The maximum Gasteiger partial charge on any atom is 0.260 e. The van der Waals surface area contributed by atoms with E-state index in [1.54, 1.807) is 31.2 Å². The zero-order valence-corrected chi connectivity index (χ0v) is 13.8. The monoisotopic (exact) mass is 326 g/mol. The van der Waals surface area contributed by atoms with Crippen molar-refractivity contribution in [1.82, 2.24) is 9.80 Å². The molecule has 1 saturated heterocycles. The maximum absolute atomic E-state index is 12.3. The first-order chi connectivity index (χ1) is 10.5. The number of nitrogens with zero attached hydrogens (tertiary/aromatic N) is 2. The third-order valence-electron chi connectivity index (χ3n) is 3.73. The van der Waals surface area contributed by atoms with Gasteiger partial charge >= 0.3 is 0 Å². The molecule has 0 spiro atoms. The van der Waals surface area contributed by atoms with Crippen molar-refractivity contribution < 1.29 is 14.6 Å². The van der Waals surface area contributed by atoms with Crippen molar-refractivity contribution in [2.75, 3.05) is 32.8 Å². The first-order valence-electron chi connectivity index (χ1n) is 7.54. The molecule has 1 fully saturated rings. The minimum Gasteiger partial charge on any atom is -0.484 e. The number of β-amino-alcohol motifs (C(OH)–C–C–N with tert-alkyl or cyclic N) is 1. The SMILES string of the molecule is C[C@@H]1CN(C[C@@H](C)O)CCN1C(=O)COc1ccc(Cl)cc1. The second-order valence-electron chi connectivity index (χ2n) is 5.79. The van der Waals surface area contributed by atoms with Crippen molar-refractivity contribution >= 4 is 17.5 Å². The number of carbonyl (C=O) groups is 1. The number of aliphatic hydroxyl groups excluding tert-OH is 1. The van der Waals surface area contributed by atoms with Gasteiger partial charge in [0.25, 0.3) is 5.91 Å². The zero-order valence-electron chi connectivity index (χ0n) is 13.0. The normalized spacial score (nSPS) is 20.7. The van der Waals surface area contributed by atoms with Crippen LogP contribution in [0.25, 0.3) is 0 Å². The highest BCUT2D eigenvalue weighted by atomic mass is 35.5. The highest BCUT2D eigenvalue weighted by molar-refractivity contribution is 6.30. The lowest BCUT2D eigenvalue weighted by Gasteiger charge is -2.40. The molecule has 0 unspecified atom stereocenters. The molecule has 6 heteroatoms. The first-order valence-corrected chi connectivity index (χ1v) is 7.91. The molecule has 1 aliphatic rings. The molecule has 0 aliphatic carbocycles. The Bertz CT molecular complexity index is 493. The lowest BCUT2D eigenvalue weighted by Crippen LogP contribution is -2.55. The molecule has 0 radical (unpaired) electrons. The Morgan fingerprint density at radius 1 is 1.41 bits per heavy atom. The molecule has 1 aromatic rings. The first kappa shape index (κ1) is 17.1. The Morgan fingerprint density at radius 2 is 2.09 bits per heavy atom. The topological polar surface area (TPSA) is 53.0 Å². The van der Waals surface area contributed by atoms with E-state index in [4.69, 9.17) is 16.3 Å². The van der Waals surface area contributed by atoms with Crippen molar-refractivity contribution in [3.05, 3.63) is 29.3 Å². The van der Waals surface area contributed by atoms with Crippen molar-refractivity contribution in [2.24, 2.45) is 0 Å². The fraction of sp³-hybridized carbons (Fsp3) is 0.562. The molecular weight excluding hydrogens is 304 g/mol. The van der Waals surface area contributed by atoms with Crippen LogP contribution in [0.4, 0.5) is 0 Å². The summed E-state index contributed by atoms with van der Waals surface area (Å²) in [6.07, 6.45) is -0.345. The van der Waals surface area contributed by atoms with Crippen molar-refractivity contribution in [1.29, 1.82) is 0 Å². The van der Waals surface area contributed by atoms with Gasteiger partial charge in [-0.15, -0.1) is 0 Å². The number of carbonyl (C=O) groups excluding carboxylic acids is 1. The summed E-state index contributed by atoms with van der Waals surface area (Å²) in [5.74, 6) is 0.622. The van der Waals surface area contributed by atoms with E-state index in [1.165, 1.54) is 0 Å². The van der Waals surface area contributed by atoms with Crippen LogP contribution < -0.4 is 4.74 Å². The van der Waals surface area contributed by atoms with Crippen LogP contribution in [0.5, 0.6) is 5.75 Å². The Labute approximate surface area is 136 Å². The number of hydrogen-bond acceptors (Lipinski definition) is 4. The van der Waals surface area contributed by atoms with Gasteiger partial charge in [0.2, 0.25) is 0 Å². The van der Waals surface area contributed by atoms with Crippen LogP contribution in [0.3, 0.4) is 0 Å². The predicted molar refractivity (Wildman–Crippen MR) is 86.2 cm³/mol. The summed E-state index contributed by atoms with van der Waals surface area (Å²) < 4.78 is 5.51. The summed E-state index contributed by atoms with van der Waals surface area (Å²) in [4.78, 5) is 16.3. The van der Waals surface area contributed by atoms with Gasteiger partial charge in [0, 0.05) is 37.2 Å². The summed E-state index contributed by atoms with van der Waals surface area (Å²) >= 11 is 5.81. The molecule has 22 heavy (non-hydrogen) atoms. The maximum atomic E-state index is 12.3. The largest absolute Gasteiger partial charge is 0.484 e. The molecule has 0 bridgehead atoms. The number of rotatable bonds is 5. The highest BCUT2D eigenvalue weighted by Crippen LogP contribution is 2.16. The molecule has 0 saturated carbocycles. The molecule has 5 nitrogen and oxygen atoms in total. The highest BCUT2D eigenvalue weighted by Gasteiger charge is 2.27. The van der Waals surface area contributed by atoms with Crippen molar-refractivity contribution in [2.45, 2.75) is 26.0 Å². The Balaban J connectivity index is 1.81. The molecule has 1 aliphatic heterocycles.